The Morgan fingerprint density at radius 1 is 1.19 bits per heavy atom. The summed E-state index contributed by atoms with van der Waals surface area (Å²) in [6.45, 7) is 2.09. The summed E-state index contributed by atoms with van der Waals surface area (Å²) >= 11 is 12.0. The van der Waals surface area contributed by atoms with Crippen molar-refractivity contribution < 1.29 is 9.13 Å². The highest BCUT2D eigenvalue weighted by atomic mass is 35.5. The van der Waals surface area contributed by atoms with Crippen LogP contribution in [0.1, 0.15) is 18.1 Å². The standard InChI is InChI=1S/C16H16Cl2FNO/c1-10(20)4-11-5-14(19)8-15(6-11)21-9-12-7-13(17)2-3-16(12)18/h2-3,5-8,10H,4,9,20H2,1H3. The van der Waals surface area contributed by atoms with Crippen LogP contribution in [0.3, 0.4) is 0 Å². The van der Waals surface area contributed by atoms with E-state index >= 15 is 0 Å². The molecule has 0 heterocycles. The zero-order valence-corrected chi connectivity index (χ0v) is 13.1. The van der Waals surface area contributed by atoms with Gasteiger partial charge >= 0.3 is 0 Å². The number of benzene rings is 2. The lowest BCUT2D eigenvalue weighted by atomic mass is 10.1. The minimum absolute atomic E-state index is 0.0398. The highest BCUT2D eigenvalue weighted by molar-refractivity contribution is 6.33. The van der Waals surface area contributed by atoms with Crippen molar-refractivity contribution in [3.8, 4) is 5.75 Å². The predicted octanol–water partition coefficient (Wildman–Crippen LogP) is 4.60. The van der Waals surface area contributed by atoms with E-state index in [0.717, 1.165) is 11.1 Å². The molecule has 1 unspecified atom stereocenters. The molecule has 0 radical (unpaired) electrons. The van der Waals surface area contributed by atoms with Crippen molar-refractivity contribution >= 4 is 23.2 Å². The molecular formula is C16H16Cl2FNO. The molecule has 5 heteroatoms. The molecule has 2 aromatic rings. The molecule has 0 amide bonds. The number of ether oxygens (including phenoxy) is 1. The summed E-state index contributed by atoms with van der Waals surface area (Å²) in [4.78, 5) is 0. The van der Waals surface area contributed by atoms with Crippen LogP contribution in [0.15, 0.2) is 36.4 Å². The van der Waals surface area contributed by atoms with E-state index < -0.39 is 0 Å². The number of hydrogen-bond donors (Lipinski definition) is 1. The third kappa shape index (κ3) is 4.88. The van der Waals surface area contributed by atoms with E-state index in [1.807, 2.05) is 6.92 Å². The molecule has 0 bridgehead atoms. The van der Waals surface area contributed by atoms with Crippen molar-refractivity contribution in [3.05, 3.63) is 63.4 Å². The van der Waals surface area contributed by atoms with Crippen LogP contribution in [0.5, 0.6) is 5.75 Å². The first-order valence-electron chi connectivity index (χ1n) is 6.56. The molecule has 0 aliphatic rings. The Kier molecular flexibility index (Phi) is 5.45. The van der Waals surface area contributed by atoms with Crippen LogP contribution in [0, 0.1) is 5.82 Å². The highest BCUT2D eigenvalue weighted by Gasteiger charge is 2.06. The molecule has 0 fully saturated rings. The van der Waals surface area contributed by atoms with E-state index in [0.29, 0.717) is 22.2 Å². The molecule has 0 aliphatic carbocycles. The van der Waals surface area contributed by atoms with Crippen LogP contribution in [0.4, 0.5) is 4.39 Å². The van der Waals surface area contributed by atoms with Crippen molar-refractivity contribution in [1.82, 2.24) is 0 Å². The summed E-state index contributed by atoms with van der Waals surface area (Å²) in [7, 11) is 0. The summed E-state index contributed by atoms with van der Waals surface area (Å²) in [5, 5.41) is 1.14. The molecular weight excluding hydrogens is 312 g/mol. The molecule has 2 rings (SSSR count). The fourth-order valence-electron chi connectivity index (χ4n) is 2.01. The smallest absolute Gasteiger partial charge is 0.127 e. The van der Waals surface area contributed by atoms with Crippen molar-refractivity contribution in [1.29, 1.82) is 0 Å². The van der Waals surface area contributed by atoms with Gasteiger partial charge in [-0.15, -0.1) is 0 Å². The van der Waals surface area contributed by atoms with Gasteiger partial charge in [0.05, 0.1) is 0 Å². The van der Waals surface area contributed by atoms with E-state index in [4.69, 9.17) is 33.7 Å². The van der Waals surface area contributed by atoms with Crippen molar-refractivity contribution in [2.45, 2.75) is 26.0 Å². The van der Waals surface area contributed by atoms with Gasteiger partial charge in [-0.25, -0.2) is 4.39 Å². The summed E-state index contributed by atoms with van der Waals surface area (Å²) in [6.07, 6.45) is 0.589. The quantitative estimate of drug-likeness (QED) is 0.870. The molecule has 0 spiro atoms. The van der Waals surface area contributed by atoms with Gasteiger partial charge in [0.25, 0.3) is 0 Å². The maximum absolute atomic E-state index is 13.6. The molecule has 112 valence electrons. The summed E-state index contributed by atoms with van der Waals surface area (Å²) in [5.74, 6) is 0.0991. The first-order valence-corrected chi connectivity index (χ1v) is 7.31. The lowest BCUT2D eigenvalue weighted by Gasteiger charge is -2.11. The van der Waals surface area contributed by atoms with Gasteiger partial charge in [-0.3, -0.25) is 0 Å². The van der Waals surface area contributed by atoms with E-state index in [1.165, 1.54) is 12.1 Å². The van der Waals surface area contributed by atoms with Crippen LogP contribution in [-0.4, -0.2) is 6.04 Å². The molecule has 2 nitrogen and oxygen atoms in total. The van der Waals surface area contributed by atoms with Crippen molar-refractivity contribution in [2.24, 2.45) is 5.73 Å². The number of nitrogens with two attached hydrogens (primary N) is 1. The van der Waals surface area contributed by atoms with E-state index in [1.54, 1.807) is 24.3 Å². The molecule has 0 aromatic heterocycles. The predicted molar refractivity (Wildman–Crippen MR) is 84.5 cm³/mol. The Bertz CT molecular complexity index is 632. The molecule has 0 saturated heterocycles. The molecule has 21 heavy (non-hydrogen) atoms. The lowest BCUT2D eigenvalue weighted by Crippen LogP contribution is -2.17. The van der Waals surface area contributed by atoms with Gasteiger partial charge in [-0.05, 0) is 49.2 Å². The fraction of sp³-hybridized carbons (Fsp3) is 0.250. The second-order valence-corrected chi connectivity index (χ2v) is 5.84. The van der Waals surface area contributed by atoms with Gasteiger partial charge < -0.3 is 10.5 Å². The summed E-state index contributed by atoms with van der Waals surface area (Å²) in [6, 6.07) is 9.68. The Morgan fingerprint density at radius 2 is 1.95 bits per heavy atom. The third-order valence-corrected chi connectivity index (χ3v) is 3.49. The highest BCUT2D eigenvalue weighted by Crippen LogP contribution is 2.24. The Hall–Kier alpha value is -1.29. The van der Waals surface area contributed by atoms with Crippen LogP contribution < -0.4 is 10.5 Å². The molecule has 0 saturated carbocycles. The SMILES string of the molecule is CC(N)Cc1cc(F)cc(OCc2cc(Cl)ccc2Cl)c1. The second kappa shape index (κ2) is 7.12. The largest absolute Gasteiger partial charge is 0.489 e. The summed E-state index contributed by atoms with van der Waals surface area (Å²) in [5.41, 5.74) is 7.29. The van der Waals surface area contributed by atoms with Crippen molar-refractivity contribution in [2.75, 3.05) is 0 Å². The van der Waals surface area contributed by atoms with Gasteiger partial charge in [0.15, 0.2) is 0 Å². The third-order valence-electron chi connectivity index (χ3n) is 2.89. The van der Waals surface area contributed by atoms with Crippen molar-refractivity contribution in [3.63, 3.8) is 0 Å². The van der Waals surface area contributed by atoms with Crippen LogP contribution in [0.25, 0.3) is 0 Å². The molecule has 0 aliphatic heterocycles. The Morgan fingerprint density at radius 3 is 2.67 bits per heavy atom. The monoisotopic (exact) mass is 327 g/mol. The Balaban J connectivity index is 2.12. The topological polar surface area (TPSA) is 35.2 Å². The minimum atomic E-state index is -0.347. The zero-order valence-electron chi connectivity index (χ0n) is 11.6. The second-order valence-electron chi connectivity index (χ2n) is 5.00. The number of hydrogen-bond acceptors (Lipinski definition) is 2. The van der Waals surface area contributed by atoms with Gasteiger partial charge in [0.1, 0.15) is 18.2 Å². The van der Waals surface area contributed by atoms with E-state index in [-0.39, 0.29) is 18.5 Å². The van der Waals surface area contributed by atoms with Gasteiger partial charge in [-0.1, -0.05) is 23.2 Å². The van der Waals surface area contributed by atoms with Gasteiger partial charge in [0.2, 0.25) is 0 Å². The fourth-order valence-corrected chi connectivity index (χ4v) is 2.38. The van der Waals surface area contributed by atoms with Crippen LogP contribution in [0.2, 0.25) is 10.0 Å². The summed E-state index contributed by atoms with van der Waals surface area (Å²) < 4.78 is 19.2. The molecule has 2 N–H and O–H groups in total. The molecule has 1 atom stereocenters. The average Bonchev–Trinajstić information content (AvgIpc) is 2.38. The minimum Gasteiger partial charge on any atom is -0.489 e. The maximum atomic E-state index is 13.6. The zero-order chi connectivity index (χ0) is 15.4. The lowest BCUT2D eigenvalue weighted by molar-refractivity contribution is 0.304. The van der Waals surface area contributed by atoms with E-state index in [2.05, 4.69) is 0 Å². The maximum Gasteiger partial charge on any atom is 0.127 e. The average molecular weight is 328 g/mol. The number of rotatable bonds is 5. The first-order chi connectivity index (χ1) is 9.94. The van der Waals surface area contributed by atoms with Crippen LogP contribution >= 0.6 is 23.2 Å². The van der Waals surface area contributed by atoms with Gasteiger partial charge in [-0.2, -0.15) is 0 Å². The normalized spacial score (nSPS) is 12.2. The van der Waals surface area contributed by atoms with Crippen LogP contribution in [-0.2, 0) is 13.0 Å². The molecule has 2 aromatic carbocycles. The number of halogens is 3. The Labute approximate surface area is 133 Å². The first kappa shape index (κ1) is 16.1. The van der Waals surface area contributed by atoms with Gasteiger partial charge in [0, 0.05) is 27.7 Å². The van der Waals surface area contributed by atoms with E-state index in [9.17, 15) is 4.39 Å².